The summed E-state index contributed by atoms with van der Waals surface area (Å²) in [7, 11) is 3.70. The van der Waals surface area contributed by atoms with E-state index < -0.39 is 0 Å². The van der Waals surface area contributed by atoms with Crippen molar-refractivity contribution in [2.24, 2.45) is 5.73 Å². The minimum absolute atomic E-state index is 0.352. The molecule has 0 radical (unpaired) electrons. The van der Waals surface area contributed by atoms with Crippen molar-refractivity contribution >= 4 is 0 Å². The first kappa shape index (κ1) is 16.0. The van der Waals surface area contributed by atoms with Crippen LogP contribution >= 0.6 is 0 Å². The van der Waals surface area contributed by atoms with Gasteiger partial charge in [-0.05, 0) is 56.6 Å². The molecule has 1 aromatic carbocycles. The Balaban J connectivity index is 2.69. The van der Waals surface area contributed by atoms with Gasteiger partial charge in [-0.2, -0.15) is 0 Å². The molecular weight excluding hydrogens is 240 g/mol. The highest BCUT2D eigenvalue weighted by Gasteiger charge is 2.10. The molecule has 1 rings (SSSR count). The Morgan fingerprint density at radius 1 is 1.32 bits per heavy atom. The lowest BCUT2D eigenvalue weighted by molar-refractivity contribution is 0.117. The number of nitrogens with two attached hydrogens (primary N) is 1. The first-order valence-corrected chi connectivity index (χ1v) is 6.68. The summed E-state index contributed by atoms with van der Waals surface area (Å²) in [5.74, 6) is 0.923. The van der Waals surface area contributed by atoms with Gasteiger partial charge in [0.05, 0.1) is 13.2 Å². The van der Waals surface area contributed by atoms with Crippen LogP contribution in [0.4, 0.5) is 0 Å². The lowest BCUT2D eigenvalue weighted by atomic mass is 10.0. The highest BCUT2D eigenvalue weighted by molar-refractivity contribution is 5.41. The summed E-state index contributed by atoms with van der Waals surface area (Å²) in [5, 5.41) is 9.76. The van der Waals surface area contributed by atoms with E-state index in [-0.39, 0.29) is 6.10 Å². The van der Waals surface area contributed by atoms with Crippen LogP contribution in [-0.4, -0.2) is 43.4 Å². The van der Waals surface area contributed by atoms with E-state index in [1.54, 1.807) is 7.11 Å². The molecule has 1 unspecified atom stereocenters. The number of nitrogens with zero attached hydrogens (tertiary/aromatic N) is 1. The van der Waals surface area contributed by atoms with Crippen LogP contribution in [0.25, 0.3) is 0 Å². The Morgan fingerprint density at radius 2 is 2.00 bits per heavy atom. The molecule has 3 N–H and O–H groups in total. The third-order valence-electron chi connectivity index (χ3n) is 3.32. The number of aryl methyl sites for hydroxylation is 2. The molecule has 19 heavy (non-hydrogen) atoms. The molecule has 0 bridgehead atoms. The van der Waals surface area contributed by atoms with Crippen LogP contribution in [0, 0.1) is 13.8 Å². The number of aliphatic hydroxyl groups is 1. The monoisotopic (exact) mass is 266 g/mol. The van der Waals surface area contributed by atoms with E-state index in [0.29, 0.717) is 19.5 Å². The molecule has 0 spiro atoms. The van der Waals surface area contributed by atoms with E-state index in [4.69, 9.17) is 10.5 Å². The van der Waals surface area contributed by atoms with Crippen molar-refractivity contribution in [2.45, 2.75) is 32.9 Å². The Bertz CT molecular complexity index is 407. The smallest absolute Gasteiger partial charge is 0.122 e. The molecule has 0 aliphatic heterocycles. The first-order valence-electron chi connectivity index (χ1n) is 6.68. The fourth-order valence-corrected chi connectivity index (χ4v) is 2.24. The number of rotatable bonds is 7. The van der Waals surface area contributed by atoms with E-state index in [1.165, 1.54) is 11.1 Å². The number of methoxy groups -OCH3 is 1. The van der Waals surface area contributed by atoms with Crippen molar-refractivity contribution in [3.8, 4) is 5.75 Å². The minimum Gasteiger partial charge on any atom is -0.496 e. The van der Waals surface area contributed by atoms with Crippen LogP contribution in [0.3, 0.4) is 0 Å². The van der Waals surface area contributed by atoms with Gasteiger partial charge in [0, 0.05) is 13.1 Å². The summed E-state index contributed by atoms with van der Waals surface area (Å²) in [6, 6.07) is 4.22. The third kappa shape index (κ3) is 4.82. The zero-order chi connectivity index (χ0) is 14.4. The van der Waals surface area contributed by atoms with Crippen LogP contribution in [0.2, 0.25) is 0 Å². The number of benzene rings is 1. The van der Waals surface area contributed by atoms with Gasteiger partial charge in [0.2, 0.25) is 0 Å². The first-order chi connectivity index (χ1) is 8.97. The fraction of sp³-hybridized carbons (Fsp3) is 0.600. The number of hydrogen-bond donors (Lipinski definition) is 2. The van der Waals surface area contributed by atoms with Gasteiger partial charge in [-0.3, -0.25) is 4.90 Å². The molecule has 0 heterocycles. The normalized spacial score (nSPS) is 12.8. The summed E-state index contributed by atoms with van der Waals surface area (Å²) < 4.78 is 5.31. The third-order valence-corrected chi connectivity index (χ3v) is 3.32. The Hall–Kier alpha value is -1.10. The molecule has 0 aromatic heterocycles. The molecule has 4 heteroatoms. The number of ether oxygens (including phenoxy) is 1. The number of likely N-dealkylation sites (N-methyl/N-ethyl adjacent to an activating group) is 1. The van der Waals surface area contributed by atoms with Crippen molar-refractivity contribution in [1.29, 1.82) is 0 Å². The van der Waals surface area contributed by atoms with Crippen molar-refractivity contribution in [2.75, 3.05) is 27.2 Å². The van der Waals surface area contributed by atoms with Crippen molar-refractivity contribution in [3.05, 3.63) is 28.8 Å². The molecule has 0 aliphatic carbocycles. The Kier molecular flexibility index (Phi) is 6.28. The lowest BCUT2D eigenvalue weighted by Gasteiger charge is -2.22. The molecule has 1 aromatic rings. The number of aliphatic hydroxyl groups excluding tert-OH is 1. The van der Waals surface area contributed by atoms with E-state index in [9.17, 15) is 5.11 Å². The van der Waals surface area contributed by atoms with Gasteiger partial charge >= 0.3 is 0 Å². The van der Waals surface area contributed by atoms with Crippen LogP contribution < -0.4 is 10.5 Å². The molecular formula is C15H26N2O2. The largest absolute Gasteiger partial charge is 0.496 e. The lowest BCUT2D eigenvalue weighted by Crippen LogP contribution is -2.30. The highest BCUT2D eigenvalue weighted by Crippen LogP contribution is 2.23. The van der Waals surface area contributed by atoms with Gasteiger partial charge in [-0.1, -0.05) is 6.07 Å². The number of hydrogen-bond acceptors (Lipinski definition) is 4. The molecule has 108 valence electrons. The molecule has 0 amide bonds. The van der Waals surface area contributed by atoms with Gasteiger partial charge in [0.1, 0.15) is 5.75 Å². The van der Waals surface area contributed by atoms with E-state index >= 15 is 0 Å². The maximum atomic E-state index is 9.76. The Morgan fingerprint density at radius 3 is 2.58 bits per heavy atom. The fourth-order valence-electron chi connectivity index (χ4n) is 2.24. The Labute approximate surface area is 116 Å². The maximum absolute atomic E-state index is 9.76. The highest BCUT2D eigenvalue weighted by atomic mass is 16.5. The summed E-state index contributed by atoms with van der Waals surface area (Å²) >= 11 is 0. The molecule has 0 saturated carbocycles. The van der Waals surface area contributed by atoms with Gasteiger partial charge in [-0.25, -0.2) is 0 Å². The zero-order valence-corrected chi connectivity index (χ0v) is 12.4. The quantitative estimate of drug-likeness (QED) is 0.784. The van der Waals surface area contributed by atoms with Crippen LogP contribution in [0.5, 0.6) is 5.75 Å². The average Bonchev–Trinajstić information content (AvgIpc) is 2.33. The van der Waals surface area contributed by atoms with Gasteiger partial charge < -0.3 is 15.6 Å². The van der Waals surface area contributed by atoms with E-state index in [0.717, 1.165) is 17.9 Å². The van der Waals surface area contributed by atoms with Gasteiger partial charge in [0.25, 0.3) is 0 Å². The SMILES string of the molecule is COc1cc(C)c(CN(C)CC(O)CCN)cc1C. The molecule has 0 saturated heterocycles. The van der Waals surface area contributed by atoms with Crippen molar-refractivity contribution in [3.63, 3.8) is 0 Å². The second-order valence-electron chi connectivity index (χ2n) is 5.18. The van der Waals surface area contributed by atoms with Crippen molar-refractivity contribution in [1.82, 2.24) is 4.90 Å². The average molecular weight is 266 g/mol. The summed E-state index contributed by atoms with van der Waals surface area (Å²) in [4.78, 5) is 2.12. The predicted molar refractivity (Wildman–Crippen MR) is 78.5 cm³/mol. The van der Waals surface area contributed by atoms with Gasteiger partial charge in [-0.15, -0.1) is 0 Å². The standard InChI is InChI=1S/C15H26N2O2/c1-11-8-15(19-4)12(2)7-13(11)9-17(3)10-14(18)5-6-16/h7-8,14,18H,5-6,9-10,16H2,1-4H3. The van der Waals surface area contributed by atoms with E-state index in [2.05, 4.69) is 24.0 Å². The molecule has 0 fully saturated rings. The van der Waals surface area contributed by atoms with Crippen LogP contribution in [-0.2, 0) is 6.54 Å². The van der Waals surface area contributed by atoms with Crippen LogP contribution in [0.1, 0.15) is 23.1 Å². The molecule has 4 nitrogen and oxygen atoms in total. The topological polar surface area (TPSA) is 58.7 Å². The summed E-state index contributed by atoms with van der Waals surface area (Å²) in [6.07, 6.45) is 0.292. The predicted octanol–water partition coefficient (Wildman–Crippen LogP) is 1.45. The molecule has 0 aliphatic rings. The summed E-state index contributed by atoms with van der Waals surface area (Å²) in [6.45, 7) is 6.11. The van der Waals surface area contributed by atoms with Gasteiger partial charge in [0.15, 0.2) is 0 Å². The van der Waals surface area contributed by atoms with Crippen LogP contribution in [0.15, 0.2) is 12.1 Å². The maximum Gasteiger partial charge on any atom is 0.122 e. The second kappa shape index (κ2) is 7.48. The second-order valence-corrected chi connectivity index (χ2v) is 5.18. The zero-order valence-electron chi connectivity index (χ0n) is 12.4. The van der Waals surface area contributed by atoms with Crippen molar-refractivity contribution < 1.29 is 9.84 Å². The molecule has 1 atom stereocenters. The van der Waals surface area contributed by atoms with E-state index in [1.807, 2.05) is 14.0 Å². The minimum atomic E-state index is -0.352. The summed E-state index contributed by atoms with van der Waals surface area (Å²) in [5.41, 5.74) is 9.05.